The van der Waals surface area contributed by atoms with Gasteiger partial charge in [0.05, 0.1) is 6.61 Å². The fourth-order valence-corrected chi connectivity index (χ4v) is 4.46. The molecule has 180 valence electrons. The Kier molecular flexibility index (Phi) is 8.45. The molecule has 2 N–H and O–H groups in total. The van der Waals surface area contributed by atoms with Crippen LogP contribution in [0.4, 0.5) is 16.2 Å². The molecule has 0 aliphatic carbocycles. The number of ether oxygens (including phenoxy) is 1. The van der Waals surface area contributed by atoms with E-state index in [1.807, 2.05) is 13.1 Å². The minimum atomic E-state index is -0.748. The van der Waals surface area contributed by atoms with Crippen LogP contribution in [-0.4, -0.2) is 66.2 Å². The molecule has 0 bridgehead atoms. The van der Waals surface area contributed by atoms with Gasteiger partial charge in [0.1, 0.15) is 15.3 Å². The summed E-state index contributed by atoms with van der Waals surface area (Å²) in [6, 6.07) is 8.85. The van der Waals surface area contributed by atoms with Crippen LogP contribution in [0.2, 0.25) is 0 Å². The predicted octanol–water partition coefficient (Wildman–Crippen LogP) is 0.796. The summed E-state index contributed by atoms with van der Waals surface area (Å²) in [4.78, 5) is 41.3. The van der Waals surface area contributed by atoms with Gasteiger partial charge < -0.3 is 25.2 Å². The molecule has 2 aromatic rings. The minimum absolute atomic E-state index is 0.127. The Hall–Kier alpha value is -3.62. The van der Waals surface area contributed by atoms with E-state index in [-0.39, 0.29) is 28.4 Å². The number of hydrogen-bond acceptors (Lipinski definition) is 8. The number of piperazine rings is 1. The van der Waals surface area contributed by atoms with Gasteiger partial charge in [-0.1, -0.05) is 0 Å². The van der Waals surface area contributed by atoms with Crippen LogP contribution in [-0.2, 0) is 16.1 Å². The fraction of sp³-hybridized carbons (Fsp3) is 0.391. The monoisotopic (exact) mass is 484 g/mol. The average Bonchev–Trinajstić information content (AvgIpc) is 3.14. The summed E-state index contributed by atoms with van der Waals surface area (Å²) in [6.45, 7) is 6.95. The maximum absolute atomic E-state index is 12.8. The Bertz CT molecular complexity index is 1250. The molecule has 2 heterocycles. The molecule has 0 unspecified atom stereocenters. The van der Waals surface area contributed by atoms with E-state index in [1.54, 1.807) is 49.2 Å². The largest absolute Gasteiger partial charge is 0.462 e. The smallest absolute Gasteiger partial charge is 0.351 e. The maximum atomic E-state index is 12.8. The van der Waals surface area contributed by atoms with E-state index in [0.29, 0.717) is 35.5 Å². The van der Waals surface area contributed by atoms with Crippen molar-refractivity contribution < 1.29 is 14.3 Å². The summed E-state index contributed by atoms with van der Waals surface area (Å²) in [5.74, 6) is -0.748. The van der Waals surface area contributed by atoms with Crippen LogP contribution >= 0.6 is 11.3 Å². The van der Waals surface area contributed by atoms with Crippen LogP contribution in [0.25, 0.3) is 11.8 Å². The lowest BCUT2D eigenvalue weighted by atomic mass is 10.3. The molecule has 0 saturated carbocycles. The molecule has 1 aliphatic heterocycles. The summed E-state index contributed by atoms with van der Waals surface area (Å²) in [5, 5.41) is 15.4. The highest BCUT2D eigenvalue weighted by Crippen LogP contribution is 2.14. The highest BCUT2D eigenvalue weighted by molar-refractivity contribution is 7.07. The molecule has 10 nitrogen and oxygen atoms in total. The number of carbonyl (C=O) groups is 2. The Morgan fingerprint density at radius 3 is 2.38 bits per heavy atom. The van der Waals surface area contributed by atoms with E-state index in [4.69, 9.17) is 4.74 Å². The Balaban J connectivity index is 1.76. The van der Waals surface area contributed by atoms with Gasteiger partial charge in [0.25, 0.3) is 5.56 Å². The first-order chi connectivity index (χ1) is 16.4. The van der Waals surface area contributed by atoms with Crippen molar-refractivity contribution in [3.8, 4) is 6.07 Å². The lowest BCUT2D eigenvalue weighted by Gasteiger charge is -2.32. The number of likely N-dealkylation sites (N-methyl/N-ethyl adjacent to an activating group) is 1. The van der Waals surface area contributed by atoms with Crippen LogP contribution in [0.5, 0.6) is 0 Å². The van der Waals surface area contributed by atoms with Gasteiger partial charge in [0.15, 0.2) is 5.57 Å². The van der Waals surface area contributed by atoms with E-state index in [2.05, 4.69) is 15.5 Å². The Morgan fingerprint density at radius 2 is 1.79 bits per heavy atom. The second kappa shape index (κ2) is 11.5. The SMILES string of the molecule is CCOC(=O)C(C#N)=c1sc(=CNc2ccc(NC(=O)N3CCN(C)CC3)cc2)c(=O)n1CC. The van der Waals surface area contributed by atoms with E-state index in [1.165, 1.54) is 4.57 Å². The van der Waals surface area contributed by atoms with Gasteiger partial charge in [-0.2, -0.15) is 5.26 Å². The van der Waals surface area contributed by atoms with E-state index >= 15 is 0 Å². The van der Waals surface area contributed by atoms with Crippen LogP contribution in [0.15, 0.2) is 29.1 Å². The summed E-state index contributed by atoms with van der Waals surface area (Å²) < 4.78 is 6.94. The molecule has 1 aromatic heterocycles. The third-order valence-electron chi connectivity index (χ3n) is 5.33. The first-order valence-corrected chi connectivity index (χ1v) is 11.8. The lowest BCUT2D eigenvalue weighted by Crippen LogP contribution is -2.48. The number of amides is 2. The molecule has 2 amide bonds. The van der Waals surface area contributed by atoms with Crippen molar-refractivity contribution in [2.75, 3.05) is 50.5 Å². The van der Waals surface area contributed by atoms with Crippen molar-refractivity contribution in [3.63, 3.8) is 0 Å². The number of nitrogens with zero attached hydrogens (tertiary/aromatic N) is 4. The first kappa shape index (κ1) is 25.0. The van der Waals surface area contributed by atoms with Crippen molar-refractivity contribution in [2.24, 2.45) is 0 Å². The summed E-state index contributed by atoms with van der Waals surface area (Å²) >= 11 is 1.05. The van der Waals surface area contributed by atoms with Gasteiger partial charge in [-0.3, -0.25) is 9.36 Å². The number of urea groups is 1. The minimum Gasteiger partial charge on any atom is -0.462 e. The van der Waals surface area contributed by atoms with E-state index in [0.717, 1.165) is 24.4 Å². The zero-order chi connectivity index (χ0) is 24.7. The average molecular weight is 485 g/mol. The number of hydrogen-bond donors (Lipinski definition) is 2. The molecule has 1 fully saturated rings. The zero-order valence-corrected chi connectivity index (χ0v) is 20.3. The van der Waals surface area contributed by atoms with Gasteiger partial charge in [-0.15, -0.1) is 11.3 Å². The molecular formula is C23H28N6O4S. The lowest BCUT2D eigenvalue weighted by molar-refractivity contribution is -0.136. The third kappa shape index (κ3) is 5.84. The number of benzene rings is 1. The van der Waals surface area contributed by atoms with Gasteiger partial charge in [-0.05, 0) is 45.2 Å². The number of carbonyl (C=O) groups excluding carboxylic acids is 2. The van der Waals surface area contributed by atoms with Crippen molar-refractivity contribution in [3.05, 3.63) is 43.8 Å². The van der Waals surface area contributed by atoms with E-state index in [9.17, 15) is 19.6 Å². The third-order valence-corrected chi connectivity index (χ3v) is 6.46. The molecule has 11 heteroatoms. The molecule has 3 rings (SSSR count). The summed E-state index contributed by atoms with van der Waals surface area (Å²) in [7, 11) is 2.04. The number of thiazole rings is 1. The Morgan fingerprint density at radius 1 is 1.15 bits per heavy atom. The Labute approximate surface area is 201 Å². The zero-order valence-electron chi connectivity index (χ0n) is 19.5. The van der Waals surface area contributed by atoms with Crippen LogP contribution in [0.3, 0.4) is 0 Å². The predicted molar refractivity (Wildman–Crippen MR) is 132 cm³/mol. The molecule has 0 spiro atoms. The molecule has 1 aromatic carbocycles. The van der Waals surface area contributed by atoms with Gasteiger partial charge in [0.2, 0.25) is 0 Å². The van der Waals surface area contributed by atoms with Crippen LogP contribution < -0.4 is 25.4 Å². The van der Waals surface area contributed by atoms with Crippen molar-refractivity contribution in [2.45, 2.75) is 20.4 Å². The van der Waals surface area contributed by atoms with Crippen LogP contribution in [0.1, 0.15) is 13.8 Å². The molecule has 34 heavy (non-hydrogen) atoms. The number of anilines is 2. The highest BCUT2D eigenvalue weighted by atomic mass is 32.1. The maximum Gasteiger partial charge on any atom is 0.351 e. The van der Waals surface area contributed by atoms with Gasteiger partial charge in [0, 0.05) is 50.3 Å². The topological polar surface area (TPSA) is 120 Å². The van der Waals surface area contributed by atoms with Crippen molar-refractivity contribution >= 4 is 46.5 Å². The van der Waals surface area contributed by atoms with E-state index < -0.39 is 5.97 Å². The number of nitrogens with one attached hydrogen (secondary N) is 2. The molecular weight excluding hydrogens is 456 g/mol. The molecule has 0 atom stereocenters. The number of nitriles is 1. The first-order valence-electron chi connectivity index (χ1n) is 11.0. The quantitative estimate of drug-likeness (QED) is 0.582. The van der Waals surface area contributed by atoms with Crippen LogP contribution in [0, 0.1) is 11.3 Å². The summed E-state index contributed by atoms with van der Waals surface area (Å²) in [5.41, 5.74) is 0.891. The second-order valence-electron chi connectivity index (χ2n) is 7.61. The molecule has 1 aliphatic rings. The number of esters is 1. The second-order valence-corrected chi connectivity index (χ2v) is 8.65. The highest BCUT2D eigenvalue weighted by Gasteiger charge is 2.19. The summed E-state index contributed by atoms with van der Waals surface area (Å²) in [6.07, 6.45) is 1.54. The van der Waals surface area contributed by atoms with Crippen molar-refractivity contribution in [1.82, 2.24) is 14.4 Å². The van der Waals surface area contributed by atoms with Gasteiger partial charge in [-0.25, -0.2) is 9.59 Å². The fourth-order valence-electron chi connectivity index (χ4n) is 3.39. The molecule has 1 saturated heterocycles. The number of aromatic nitrogens is 1. The standard InChI is InChI=1S/C23H28N6O4S/c1-4-29-20(30)19(34-21(29)18(14-24)22(31)33-5-2)15-25-16-6-8-17(9-7-16)26-23(32)28-12-10-27(3)11-13-28/h6-9,15,25H,4-5,10-13H2,1-3H3,(H,26,32). The number of rotatable bonds is 6. The van der Waals surface area contributed by atoms with Gasteiger partial charge >= 0.3 is 12.0 Å². The van der Waals surface area contributed by atoms with Crippen molar-refractivity contribution in [1.29, 1.82) is 5.26 Å². The normalized spacial score (nSPS) is 15.5. The molecule has 0 radical (unpaired) electrons.